The molecule has 8 rings (SSSR count). The van der Waals surface area contributed by atoms with Crippen molar-refractivity contribution in [2.75, 3.05) is 0 Å². The molecule has 0 aliphatic carbocycles. The number of hydrogen-bond acceptors (Lipinski definition) is 5. The molecule has 0 aliphatic rings. The summed E-state index contributed by atoms with van der Waals surface area (Å²) in [5.41, 5.74) is 8.19. The maximum atomic E-state index is 10.5. The zero-order valence-corrected chi connectivity index (χ0v) is 25.0. The third-order valence-corrected chi connectivity index (χ3v) is 8.35. The standard InChI is InChI=1S/C41H24N6/c42-25-30-15-7-8-16-33(30)29-19-22-38-36(24-29)35-17-9-10-18-37(35)47(38)32-20-21-34(31(23-32)26-43)41-45-39(27-11-3-1-4-12-27)44-40(46-41)28-13-5-2-6-14-28/h1-24H. The zero-order valence-electron chi connectivity index (χ0n) is 25.0. The van der Waals surface area contributed by atoms with Crippen LogP contribution in [0.3, 0.4) is 0 Å². The summed E-state index contributed by atoms with van der Waals surface area (Å²) >= 11 is 0. The Morgan fingerprint density at radius 3 is 1.72 bits per heavy atom. The van der Waals surface area contributed by atoms with E-state index in [1.54, 1.807) is 0 Å². The van der Waals surface area contributed by atoms with E-state index in [1.807, 2.05) is 115 Å². The van der Waals surface area contributed by atoms with Crippen LogP contribution in [-0.2, 0) is 0 Å². The van der Waals surface area contributed by atoms with E-state index in [0.717, 1.165) is 49.7 Å². The summed E-state index contributed by atoms with van der Waals surface area (Å²) in [5.74, 6) is 1.51. The number of rotatable bonds is 5. The molecule has 6 heteroatoms. The highest BCUT2D eigenvalue weighted by atomic mass is 15.0. The molecule has 47 heavy (non-hydrogen) atoms. The SMILES string of the molecule is N#Cc1ccccc1-c1ccc2c(c1)c1ccccc1n2-c1ccc(-c2nc(-c3ccccc3)nc(-c3ccccc3)n2)c(C#N)c1. The van der Waals surface area contributed by atoms with E-state index in [1.165, 1.54) is 0 Å². The van der Waals surface area contributed by atoms with Gasteiger partial charge in [0.2, 0.25) is 0 Å². The number of para-hydroxylation sites is 1. The molecule has 0 N–H and O–H groups in total. The van der Waals surface area contributed by atoms with E-state index in [-0.39, 0.29) is 0 Å². The highest BCUT2D eigenvalue weighted by Gasteiger charge is 2.18. The quantitative estimate of drug-likeness (QED) is 0.196. The van der Waals surface area contributed by atoms with Crippen LogP contribution >= 0.6 is 0 Å². The molecule has 0 unspecified atom stereocenters. The molecule has 0 amide bonds. The number of aromatic nitrogens is 4. The second-order valence-corrected chi connectivity index (χ2v) is 11.1. The largest absolute Gasteiger partial charge is 0.309 e. The van der Waals surface area contributed by atoms with Gasteiger partial charge < -0.3 is 4.57 Å². The smallest absolute Gasteiger partial charge is 0.165 e. The fourth-order valence-corrected chi connectivity index (χ4v) is 6.14. The van der Waals surface area contributed by atoms with Crippen molar-refractivity contribution in [1.29, 1.82) is 10.5 Å². The molecule has 0 bridgehead atoms. The number of nitrogens with zero attached hydrogens (tertiary/aromatic N) is 6. The molecule has 6 nitrogen and oxygen atoms in total. The van der Waals surface area contributed by atoms with E-state index in [0.29, 0.717) is 34.2 Å². The molecular weight excluding hydrogens is 576 g/mol. The second kappa shape index (κ2) is 11.6. The normalized spacial score (nSPS) is 10.9. The summed E-state index contributed by atoms with van der Waals surface area (Å²) in [7, 11) is 0. The first-order valence-corrected chi connectivity index (χ1v) is 15.2. The molecule has 0 fully saturated rings. The Labute approximate surface area is 271 Å². The van der Waals surface area contributed by atoms with Crippen LogP contribution in [0.4, 0.5) is 0 Å². The van der Waals surface area contributed by atoms with Crippen molar-refractivity contribution >= 4 is 21.8 Å². The van der Waals surface area contributed by atoms with E-state index in [2.05, 4.69) is 47.0 Å². The topological polar surface area (TPSA) is 91.2 Å². The molecule has 8 aromatic rings. The average molecular weight is 601 g/mol. The number of fused-ring (bicyclic) bond motifs is 3. The van der Waals surface area contributed by atoms with Crippen molar-refractivity contribution in [1.82, 2.24) is 19.5 Å². The van der Waals surface area contributed by atoms with Crippen LogP contribution in [0.5, 0.6) is 0 Å². The monoisotopic (exact) mass is 600 g/mol. The van der Waals surface area contributed by atoms with E-state index in [9.17, 15) is 10.5 Å². The minimum Gasteiger partial charge on any atom is -0.309 e. The van der Waals surface area contributed by atoms with Crippen LogP contribution in [0.1, 0.15) is 11.1 Å². The summed E-state index contributed by atoms with van der Waals surface area (Å²) in [6.45, 7) is 0. The molecule has 2 aromatic heterocycles. The van der Waals surface area contributed by atoms with Crippen molar-refractivity contribution in [2.24, 2.45) is 0 Å². The van der Waals surface area contributed by atoms with Gasteiger partial charge in [-0.25, -0.2) is 15.0 Å². The third kappa shape index (κ3) is 4.88. The highest BCUT2D eigenvalue weighted by molar-refractivity contribution is 6.10. The average Bonchev–Trinajstić information content (AvgIpc) is 3.48. The Balaban J connectivity index is 1.30. The number of benzene rings is 6. The highest BCUT2D eigenvalue weighted by Crippen LogP contribution is 2.37. The van der Waals surface area contributed by atoms with Crippen LogP contribution in [-0.4, -0.2) is 19.5 Å². The maximum Gasteiger partial charge on any atom is 0.165 e. The fourth-order valence-electron chi connectivity index (χ4n) is 6.14. The zero-order chi connectivity index (χ0) is 31.7. The van der Waals surface area contributed by atoms with Crippen LogP contribution in [0, 0.1) is 22.7 Å². The number of hydrogen-bond donors (Lipinski definition) is 0. The fraction of sp³-hybridized carbons (Fsp3) is 0. The second-order valence-electron chi connectivity index (χ2n) is 11.1. The van der Waals surface area contributed by atoms with Crippen molar-refractivity contribution < 1.29 is 0 Å². The van der Waals surface area contributed by atoms with Crippen molar-refractivity contribution in [3.8, 4) is 63.1 Å². The lowest BCUT2D eigenvalue weighted by molar-refractivity contribution is 1.07. The molecule has 2 heterocycles. The predicted molar refractivity (Wildman–Crippen MR) is 185 cm³/mol. The van der Waals surface area contributed by atoms with Crippen molar-refractivity contribution in [3.63, 3.8) is 0 Å². The molecule has 218 valence electrons. The van der Waals surface area contributed by atoms with Gasteiger partial charge in [0.1, 0.15) is 0 Å². The Kier molecular flexibility index (Phi) is 6.80. The van der Waals surface area contributed by atoms with Gasteiger partial charge in [0.15, 0.2) is 17.5 Å². The van der Waals surface area contributed by atoms with Gasteiger partial charge in [0, 0.05) is 33.2 Å². The Bertz CT molecular complexity index is 2480. The van der Waals surface area contributed by atoms with Gasteiger partial charge in [0.05, 0.1) is 34.3 Å². The first-order valence-electron chi connectivity index (χ1n) is 15.2. The predicted octanol–water partition coefficient (Wildman–Crippen LogP) is 9.38. The first-order chi connectivity index (χ1) is 23.2. The van der Waals surface area contributed by atoms with Crippen LogP contribution in [0.15, 0.2) is 146 Å². The van der Waals surface area contributed by atoms with Gasteiger partial charge in [-0.1, -0.05) is 103 Å². The van der Waals surface area contributed by atoms with Gasteiger partial charge in [-0.3, -0.25) is 0 Å². The molecule has 0 saturated carbocycles. The number of nitriles is 2. The molecule has 0 aliphatic heterocycles. The minimum absolute atomic E-state index is 0.434. The molecule has 0 atom stereocenters. The molecule has 0 radical (unpaired) electrons. The van der Waals surface area contributed by atoms with Gasteiger partial charge in [-0.15, -0.1) is 0 Å². The van der Waals surface area contributed by atoms with E-state index >= 15 is 0 Å². The minimum atomic E-state index is 0.434. The van der Waals surface area contributed by atoms with E-state index < -0.39 is 0 Å². The summed E-state index contributed by atoms with van der Waals surface area (Å²) in [6, 6.07) is 52.3. The summed E-state index contributed by atoms with van der Waals surface area (Å²) in [6.07, 6.45) is 0. The maximum absolute atomic E-state index is 10.5. The summed E-state index contributed by atoms with van der Waals surface area (Å²) < 4.78 is 2.17. The van der Waals surface area contributed by atoms with Crippen LogP contribution in [0.25, 0.3) is 72.8 Å². The molecule has 6 aromatic carbocycles. The lowest BCUT2D eigenvalue weighted by atomic mass is 9.98. The van der Waals surface area contributed by atoms with Gasteiger partial charge >= 0.3 is 0 Å². The first kappa shape index (κ1) is 27.6. The Morgan fingerprint density at radius 2 is 1.02 bits per heavy atom. The van der Waals surface area contributed by atoms with Gasteiger partial charge in [-0.05, 0) is 53.6 Å². The third-order valence-electron chi connectivity index (χ3n) is 8.35. The van der Waals surface area contributed by atoms with Crippen LogP contribution in [0.2, 0.25) is 0 Å². The van der Waals surface area contributed by atoms with Crippen LogP contribution < -0.4 is 0 Å². The lowest BCUT2D eigenvalue weighted by Gasteiger charge is -2.12. The Hall–Kier alpha value is -6.89. The van der Waals surface area contributed by atoms with Gasteiger partial charge in [-0.2, -0.15) is 10.5 Å². The van der Waals surface area contributed by atoms with E-state index in [4.69, 9.17) is 15.0 Å². The van der Waals surface area contributed by atoms with Crippen molar-refractivity contribution in [3.05, 3.63) is 157 Å². The lowest BCUT2D eigenvalue weighted by Crippen LogP contribution is -2.02. The summed E-state index contributed by atoms with van der Waals surface area (Å²) in [4.78, 5) is 14.5. The molecule has 0 spiro atoms. The Morgan fingerprint density at radius 1 is 0.426 bits per heavy atom. The molecule has 0 saturated heterocycles. The molecular formula is C41H24N6. The van der Waals surface area contributed by atoms with Gasteiger partial charge in [0.25, 0.3) is 0 Å². The summed E-state index contributed by atoms with van der Waals surface area (Å²) in [5, 5.41) is 22.3. The van der Waals surface area contributed by atoms with Crippen molar-refractivity contribution in [2.45, 2.75) is 0 Å².